The van der Waals surface area contributed by atoms with Crippen molar-refractivity contribution in [3.05, 3.63) is 16.1 Å². The maximum Gasteiger partial charge on any atom is 0.270 e. The van der Waals surface area contributed by atoms with Crippen LogP contribution < -0.4 is 10.6 Å². The number of carbonyl (C=O) groups is 2. The standard InChI is InChI=1S/C14H22N4O3S/c1-11(19)15-3-2-4-16-14(20)12-10-22-13(17-12)9-18-5-7-21-8-6-18/h10H,2-9H2,1H3,(H,15,19)(H,16,20). The Morgan fingerprint density at radius 3 is 2.77 bits per heavy atom. The highest BCUT2D eigenvalue weighted by molar-refractivity contribution is 7.09. The molecule has 2 amide bonds. The molecule has 1 aliphatic heterocycles. The highest BCUT2D eigenvalue weighted by Gasteiger charge is 2.15. The summed E-state index contributed by atoms with van der Waals surface area (Å²) in [5.41, 5.74) is 0.466. The van der Waals surface area contributed by atoms with Crippen molar-refractivity contribution in [1.82, 2.24) is 20.5 Å². The van der Waals surface area contributed by atoms with Gasteiger partial charge in [0.2, 0.25) is 5.91 Å². The number of aromatic nitrogens is 1. The molecule has 1 aromatic rings. The third-order valence-corrected chi connectivity index (χ3v) is 4.09. The lowest BCUT2D eigenvalue weighted by atomic mass is 10.4. The van der Waals surface area contributed by atoms with E-state index in [1.165, 1.54) is 18.3 Å². The largest absolute Gasteiger partial charge is 0.379 e. The molecule has 2 rings (SSSR count). The number of thiazole rings is 1. The fourth-order valence-corrected chi connectivity index (χ4v) is 2.90. The average molecular weight is 326 g/mol. The molecule has 0 unspecified atom stereocenters. The van der Waals surface area contributed by atoms with Crippen molar-refractivity contribution in [3.8, 4) is 0 Å². The molecule has 122 valence electrons. The van der Waals surface area contributed by atoms with Crippen LogP contribution in [0.5, 0.6) is 0 Å². The first-order valence-electron chi connectivity index (χ1n) is 7.42. The van der Waals surface area contributed by atoms with E-state index in [4.69, 9.17) is 4.74 Å². The van der Waals surface area contributed by atoms with Crippen molar-refractivity contribution in [2.45, 2.75) is 19.9 Å². The van der Waals surface area contributed by atoms with Gasteiger partial charge in [-0.25, -0.2) is 4.98 Å². The van der Waals surface area contributed by atoms with Crippen LogP contribution in [-0.2, 0) is 16.1 Å². The molecule has 8 heteroatoms. The van der Waals surface area contributed by atoms with Gasteiger partial charge in [0.15, 0.2) is 0 Å². The highest BCUT2D eigenvalue weighted by atomic mass is 32.1. The number of carbonyl (C=O) groups excluding carboxylic acids is 2. The van der Waals surface area contributed by atoms with Crippen LogP contribution in [0.25, 0.3) is 0 Å². The van der Waals surface area contributed by atoms with E-state index in [2.05, 4.69) is 20.5 Å². The number of hydrogen-bond donors (Lipinski definition) is 2. The van der Waals surface area contributed by atoms with Gasteiger partial charge in [0.1, 0.15) is 10.7 Å². The monoisotopic (exact) mass is 326 g/mol. The summed E-state index contributed by atoms with van der Waals surface area (Å²) in [6, 6.07) is 0. The van der Waals surface area contributed by atoms with Gasteiger partial charge in [-0.1, -0.05) is 0 Å². The average Bonchev–Trinajstić information content (AvgIpc) is 2.96. The predicted molar refractivity (Wildman–Crippen MR) is 83.8 cm³/mol. The van der Waals surface area contributed by atoms with Gasteiger partial charge in [-0.3, -0.25) is 14.5 Å². The Morgan fingerprint density at radius 2 is 2.05 bits per heavy atom. The molecule has 0 saturated carbocycles. The maximum atomic E-state index is 12.0. The van der Waals surface area contributed by atoms with Crippen molar-refractivity contribution in [1.29, 1.82) is 0 Å². The first-order chi connectivity index (χ1) is 10.6. The van der Waals surface area contributed by atoms with Crippen LogP contribution in [0.4, 0.5) is 0 Å². The quantitative estimate of drug-likeness (QED) is 0.701. The van der Waals surface area contributed by atoms with Crippen LogP contribution in [0.1, 0.15) is 28.8 Å². The van der Waals surface area contributed by atoms with Gasteiger partial charge in [-0.2, -0.15) is 0 Å². The summed E-state index contributed by atoms with van der Waals surface area (Å²) in [5, 5.41) is 8.24. The molecule has 1 aliphatic rings. The summed E-state index contributed by atoms with van der Waals surface area (Å²) in [7, 11) is 0. The van der Waals surface area contributed by atoms with Crippen molar-refractivity contribution in [3.63, 3.8) is 0 Å². The summed E-state index contributed by atoms with van der Waals surface area (Å²) < 4.78 is 5.31. The van der Waals surface area contributed by atoms with Gasteiger partial charge >= 0.3 is 0 Å². The second-order valence-corrected chi connectivity index (χ2v) is 6.05. The first kappa shape index (κ1) is 16.9. The van der Waals surface area contributed by atoms with Crippen molar-refractivity contribution in [2.24, 2.45) is 0 Å². The minimum atomic E-state index is -0.160. The van der Waals surface area contributed by atoms with Gasteiger partial charge in [0, 0.05) is 38.5 Å². The van der Waals surface area contributed by atoms with Crippen LogP contribution in [0.2, 0.25) is 0 Å². The third-order valence-electron chi connectivity index (χ3n) is 3.26. The number of amides is 2. The SMILES string of the molecule is CC(=O)NCCCNC(=O)c1csc(CN2CCOCC2)n1. The summed E-state index contributed by atoms with van der Waals surface area (Å²) in [4.78, 5) is 29.3. The van der Waals surface area contributed by atoms with E-state index in [1.807, 2.05) is 0 Å². The smallest absolute Gasteiger partial charge is 0.270 e. The fraction of sp³-hybridized carbons (Fsp3) is 0.643. The van der Waals surface area contributed by atoms with Crippen molar-refractivity contribution < 1.29 is 14.3 Å². The topological polar surface area (TPSA) is 83.6 Å². The van der Waals surface area contributed by atoms with E-state index in [9.17, 15) is 9.59 Å². The van der Waals surface area contributed by atoms with Gasteiger partial charge in [0.05, 0.1) is 19.8 Å². The Labute approximate surface area is 134 Å². The molecular weight excluding hydrogens is 304 g/mol. The number of nitrogens with one attached hydrogen (secondary N) is 2. The zero-order valence-electron chi connectivity index (χ0n) is 12.8. The first-order valence-corrected chi connectivity index (χ1v) is 8.30. The van der Waals surface area contributed by atoms with E-state index in [0.29, 0.717) is 25.2 Å². The van der Waals surface area contributed by atoms with E-state index < -0.39 is 0 Å². The number of ether oxygens (including phenoxy) is 1. The summed E-state index contributed by atoms with van der Waals surface area (Å²) in [6.07, 6.45) is 0.704. The van der Waals surface area contributed by atoms with Gasteiger partial charge in [-0.05, 0) is 6.42 Å². The molecule has 0 aromatic carbocycles. The van der Waals surface area contributed by atoms with E-state index in [1.54, 1.807) is 5.38 Å². The van der Waals surface area contributed by atoms with Gasteiger partial charge in [-0.15, -0.1) is 11.3 Å². The Bertz CT molecular complexity index is 500. The predicted octanol–water partition coefficient (Wildman–Crippen LogP) is 0.231. The Kier molecular flexibility index (Phi) is 6.75. The van der Waals surface area contributed by atoms with E-state index >= 15 is 0 Å². The minimum Gasteiger partial charge on any atom is -0.379 e. The lowest BCUT2D eigenvalue weighted by molar-refractivity contribution is -0.118. The summed E-state index contributed by atoms with van der Waals surface area (Å²) >= 11 is 1.51. The van der Waals surface area contributed by atoms with Gasteiger partial charge in [0.25, 0.3) is 5.91 Å². The Hall–Kier alpha value is -1.51. The fourth-order valence-electron chi connectivity index (χ4n) is 2.08. The Balaban J connectivity index is 1.70. The number of rotatable bonds is 7. The number of hydrogen-bond acceptors (Lipinski definition) is 6. The molecule has 22 heavy (non-hydrogen) atoms. The molecule has 1 fully saturated rings. The molecule has 7 nitrogen and oxygen atoms in total. The highest BCUT2D eigenvalue weighted by Crippen LogP contribution is 2.13. The van der Waals surface area contributed by atoms with E-state index in [-0.39, 0.29) is 11.8 Å². The van der Waals surface area contributed by atoms with Crippen LogP contribution in [0.3, 0.4) is 0 Å². The lowest BCUT2D eigenvalue weighted by Crippen LogP contribution is -2.35. The second kappa shape index (κ2) is 8.82. The zero-order valence-corrected chi connectivity index (χ0v) is 13.6. The minimum absolute atomic E-state index is 0.0569. The molecule has 1 saturated heterocycles. The molecule has 0 spiro atoms. The van der Waals surface area contributed by atoms with Crippen molar-refractivity contribution >= 4 is 23.2 Å². The third kappa shape index (κ3) is 5.70. The van der Waals surface area contributed by atoms with Crippen LogP contribution in [0.15, 0.2) is 5.38 Å². The summed E-state index contributed by atoms with van der Waals surface area (Å²) in [6.45, 7) is 6.66. The maximum absolute atomic E-state index is 12.0. The second-order valence-electron chi connectivity index (χ2n) is 5.11. The van der Waals surface area contributed by atoms with Crippen molar-refractivity contribution in [2.75, 3.05) is 39.4 Å². The van der Waals surface area contributed by atoms with Crippen LogP contribution in [0, 0.1) is 0 Å². The lowest BCUT2D eigenvalue weighted by Gasteiger charge is -2.25. The Morgan fingerprint density at radius 1 is 1.32 bits per heavy atom. The molecule has 1 aromatic heterocycles. The van der Waals surface area contributed by atoms with Crippen LogP contribution in [-0.4, -0.2) is 61.1 Å². The normalized spacial score (nSPS) is 15.5. The van der Waals surface area contributed by atoms with Crippen LogP contribution >= 0.6 is 11.3 Å². The number of morpholine rings is 1. The molecule has 0 radical (unpaired) electrons. The molecule has 0 bridgehead atoms. The molecular formula is C14H22N4O3S. The van der Waals surface area contributed by atoms with Gasteiger partial charge < -0.3 is 15.4 Å². The zero-order chi connectivity index (χ0) is 15.8. The van der Waals surface area contributed by atoms with E-state index in [0.717, 1.165) is 37.9 Å². The molecule has 0 aliphatic carbocycles. The molecule has 0 atom stereocenters. The number of nitrogens with zero attached hydrogens (tertiary/aromatic N) is 2. The molecule has 2 heterocycles. The molecule has 2 N–H and O–H groups in total. The summed E-state index contributed by atoms with van der Waals surface area (Å²) in [5.74, 6) is -0.217.